The highest BCUT2D eigenvalue weighted by molar-refractivity contribution is 7.09. The molecule has 1 amide bonds. The maximum Gasteiger partial charge on any atom is 0.228 e. The zero-order valence-corrected chi connectivity index (χ0v) is 14.3. The third-order valence-corrected chi connectivity index (χ3v) is 4.93. The molecule has 0 aliphatic carbocycles. The van der Waals surface area contributed by atoms with E-state index in [0.717, 1.165) is 17.1 Å². The van der Waals surface area contributed by atoms with Gasteiger partial charge in [-0.05, 0) is 18.9 Å². The first-order valence-corrected chi connectivity index (χ1v) is 8.71. The summed E-state index contributed by atoms with van der Waals surface area (Å²) in [6.07, 6.45) is 1.35. The summed E-state index contributed by atoms with van der Waals surface area (Å²) in [6, 6.07) is 10.9. The Morgan fingerprint density at radius 2 is 2.13 bits per heavy atom. The van der Waals surface area contributed by atoms with Gasteiger partial charge < -0.3 is 4.90 Å². The van der Waals surface area contributed by atoms with Crippen LogP contribution in [0.1, 0.15) is 28.7 Å². The molecule has 2 aromatic rings. The zero-order chi connectivity index (χ0) is 16.2. The van der Waals surface area contributed by atoms with Crippen LogP contribution in [0.4, 0.5) is 0 Å². The van der Waals surface area contributed by atoms with Gasteiger partial charge in [0.15, 0.2) is 0 Å². The van der Waals surface area contributed by atoms with Crippen molar-refractivity contribution in [1.29, 1.82) is 0 Å². The minimum atomic E-state index is 0.111. The summed E-state index contributed by atoms with van der Waals surface area (Å²) in [4.78, 5) is 18.5. The highest BCUT2D eigenvalue weighted by Gasteiger charge is 2.26. The Hall–Kier alpha value is -1.76. The number of carbonyl (C=O) groups excluding carboxylic acids is 1. The van der Waals surface area contributed by atoms with Gasteiger partial charge in [-0.25, -0.2) is 10.4 Å². The second-order valence-electron chi connectivity index (χ2n) is 5.99. The van der Waals surface area contributed by atoms with E-state index in [1.807, 2.05) is 25.4 Å². The van der Waals surface area contributed by atoms with Crippen LogP contribution in [-0.4, -0.2) is 35.4 Å². The summed E-state index contributed by atoms with van der Waals surface area (Å²) in [5, 5.41) is 2.96. The Bertz CT molecular complexity index is 658. The van der Waals surface area contributed by atoms with Gasteiger partial charge in [-0.1, -0.05) is 30.3 Å². The van der Waals surface area contributed by atoms with E-state index < -0.39 is 0 Å². The molecular weight excluding hydrogens is 308 g/mol. The molecule has 2 atom stereocenters. The number of benzene rings is 1. The van der Waals surface area contributed by atoms with Gasteiger partial charge in [0.1, 0.15) is 0 Å². The predicted octanol–water partition coefficient (Wildman–Crippen LogP) is 2.06. The summed E-state index contributed by atoms with van der Waals surface area (Å²) in [5.74, 6) is 0.111. The number of hydrazine groups is 1. The molecule has 2 heterocycles. The number of hydrogen-bond donors (Lipinski definition) is 2. The number of likely N-dealkylation sites (N-methyl/N-ethyl adjacent to an activating group) is 1. The standard InChI is InChI=1S/C17H22N4OS/c1-12-18-15(11-23-12)9-17(22)21(2)10-14-8-16(20-19-14)13-6-4-3-5-7-13/h3-7,11,14,16,19-20H,8-10H2,1-2H3. The Balaban J connectivity index is 1.50. The largest absolute Gasteiger partial charge is 0.344 e. The number of aryl methyl sites for hydroxylation is 1. The van der Waals surface area contributed by atoms with E-state index in [1.165, 1.54) is 5.56 Å². The smallest absolute Gasteiger partial charge is 0.228 e. The van der Waals surface area contributed by atoms with Crippen LogP contribution in [0.2, 0.25) is 0 Å². The second-order valence-corrected chi connectivity index (χ2v) is 7.06. The maximum absolute atomic E-state index is 12.3. The number of aromatic nitrogens is 1. The molecule has 1 aliphatic heterocycles. The normalized spacial score (nSPS) is 20.6. The van der Waals surface area contributed by atoms with Gasteiger partial charge in [-0.3, -0.25) is 10.2 Å². The Labute approximate surface area is 140 Å². The molecule has 1 fully saturated rings. The quantitative estimate of drug-likeness (QED) is 0.881. The van der Waals surface area contributed by atoms with E-state index in [0.29, 0.717) is 19.0 Å². The fourth-order valence-electron chi connectivity index (χ4n) is 2.86. The molecule has 23 heavy (non-hydrogen) atoms. The van der Waals surface area contributed by atoms with Gasteiger partial charge in [0.25, 0.3) is 0 Å². The molecule has 0 saturated carbocycles. The van der Waals surface area contributed by atoms with Gasteiger partial charge in [-0.15, -0.1) is 11.3 Å². The van der Waals surface area contributed by atoms with E-state index in [4.69, 9.17) is 0 Å². The fourth-order valence-corrected chi connectivity index (χ4v) is 3.47. The first-order valence-electron chi connectivity index (χ1n) is 7.83. The van der Waals surface area contributed by atoms with Crippen LogP contribution in [0.3, 0.4) is 0 Å². The first-order chi connectivity index (χ1) is 11.1. The molecule has 3 rings (SSSR count). The minimum Gasteiger partial charge on any atom is -0.344 e. The van der Waals surface area contributed by atoms with Gasteiger partial charge in [0.2, 0.25) is 5.91 Å². The average molecular weight is 330 g/mol. The predicted molar refractivity (Wildman–Crippen MR) is 92.1 cm³/mol. The SMILES string of the molecule is Cc1nc(CC(=O)N(C)CC2CC(c3ccccc3)NN2)cs1. The van der Waals surface area contributed by atoms with Crippen molar-refractivity contribution in [1.82, 2.24) is 20.7 Å². The van der Waals surface area contributed by atoms with Crippen LogP contribution in [0.15, 0.2) is 35.7 Å². The van der Waals surface area contributed by atoms with Crippen molar-refractivity contribution in [3.8, 4) is 0 Å². The maximum atomic E-state index is 12.3. The Morgan fingerprint density at radius 1 is 1.35 bits per heavy atom. The number of thiazole rings is 1. The lowest BCUT2D eigenvalue weighted by molar-refractivity contribution is -0.129. The number of nitrogens with zero attached hydrogens (tertiary/aromatic N) is 2. The van der Waals surface area contributed by atoms with E-state index in [-0.39, 0.29) is 11.9 Å². The van der Waals surface area contributed by atoms with Gasteiger partial charge in [0.05, 0.1) is 17.1 Å². The molecule has 0 spiro atoms. The monoisotopic (exact) mass is 330 g/mol. The number of nitrogens with one attached hydrogen (secondary N) is 2. The van der Waals surface area contributed by atoms with E-state index in [9.17, 15) is 4.79 Å². The third-order valence-electron chi connectivity index (χ3n) is 4.10. The third kappa shape index (κ3) is 4.16. The van der Waals surface area contributed by atoms with Crippen LogP contribution in [-0.2, 0) is 11.2 Å². The zero-order valence-electron chi connectivity index (χ0n) is 13.5. The van der Waals surface area contributed by atoms with Crippen LogP contribution < -0.4 is 10.9 Å². The number of amides is 1. The average Bonchev–Trinajstić information content (AvgIpc) is 3.17. The van der Waals surface area contributed by atoms with Crippen LogP contribution >= 0.6 is 11.3 Å². The number of carbonyl (C=O) groups is 1. The van der Waals surface area contributed by atoms with Gasteiger partial charge in [-0.2, -0.15) is 0 Å². The molecule has 1 saturated heterocycles. The summed E-state index contributed by atoms with van der Waals surface area (Å²) < 4.78 is 0. The molecule has 5 nitrogen and oxygen atoms in total. The first kappa shape index (κ1) is 16.1. The molecule has 2 N–H and O–H groups in total. The van der Waals surface area contributed by atoms with Crippen molar-refractivity contribution in [2.75, 3.05) is 13.6 Å². The highest BCUT2D eigenvalue weighted by atomic mass is 32.1. The van der Waals surface area contributed by atoms with Crippen molar-refractivity contribution >= 4 is 17.2 Å². The van der Waals surface area contributed by atoms with Gasteiger partial charge >= 0.3 is 0 Å². The van der Waals surface area contributed by atoms with Crippen molar-refractivity contribution in [3.05, 3.63) is 52.0 Å². The fraction of sp³-hybridized carbons (Fsp3) is 0.412. The molecule has 1 aliphatic rings. The van der Waals surface area contributed by atoms with Crippen molar-refractivity contribution in [2.24, 2.45) is 0 Å². The summed E-state index contributed by atoms with van der Waals surface area (Å²) >= 11 is 1.58. The van der Waals surface area contributed by atoms with Crippen LogP contribution in [0.25, 0.3) is 0 Å². The molecule has 1 aromatic heterocycles. The Morgan fingerprint density at radius 3 is 2.83 bits per heavy atom. The van der Waals surface area contributed by atoms with E-state index in [1.54, 1.807) is 16.2 Å². The van der Waals surface area contributed by atoms with E-state index in [2.05, 4.69) is 40.1 Å². The molecule has 2 unspecified atom stereocenters. The Kier molecular flexibility index (Phi) is 5.05. The van der Waals surface area contributed by atoms with Crippen LogP contribution in [0.5, 0.6) is 0 Å². The lowest BCUT2D eigenvalue weighted by Crippen LogP contribution is -2.41. The summed E-state index contributed by atoms with van der Waals surface area (Å²) in [7, 11) is 1.86. The van der Waals surface area contributed by atoms with E-state index >= 15 is 0 Å². The number of hydrogen-bond acceptors (Lipinski definition) is 5. The molecule has 1 aromatic carbocycles. The van der Waals surface area contributed by atoms with Crippen LogP contribution in [0, 0.1) is 6.92 Å². The lowest BCUT2D eigenvalue weighted by Gasteiger charge is -2.20. The van der Waals surface area contributed by atoms with Crippen molar-refractivity contribution < 1.29 is 4.79 Å². The molecular formula is C17H22N4OS. The second kappa shape index (κ2) is 7.21. The molecule has 0 bridgehead atoms. The summed E-state index contributed by atoms with van der Waals surface area (Å²) in [6.45, 7) is 2.65. The summed E-state index contributed by atoms with van der Waals surface area (Å²) in [5.41, 5.74) is 8.76. The molecule has 122 valence electrons. The van der Waals surface area contributed by atoms with Gasteiger partial charge in [0, 0.05) is 31.1 Å². The molecule has 6 heteroatoms. The van der Waals surface area contributed by atoms with Crippen molar-refractivity contribution in [3.63, 3.8) is 0 Å². The topological polar surface area (TPSA) is 57.3 Å². The number of rotatable bonds is 5. The molecule has 0 radical (unpaired) electrons. The lowest BCUT2D eigenvalue weighted by atomic mass is 10.0. The minimum absolute atomic E-state index is 0.111. The highest BCUT2D eigenvalue weighted by Crippen LogP contribution is 2.22. The van der Waals surface area contributed by atoms with Crippen molar-refractivity contribution in [2.45, 2.75) is 31.8 Å².